The summed E-state index contributed by atoms with van der Waals surface area (Å²) in [6, 6.07) is 0. The number of ether oxygens (including phenoxy) is 2. The second-order valence-electron chi connectivity index (χ2n) is 3.79. The second kappa shape index (κ2) is 5.03. The van der Waals surface area contributed by atoms with E-state index in [-0.39, 0.29) is 0 Å². The van der Waals surface area contributed by atoms with E-state index in [4.69, 9.17) is 9.47 Å². The van der Waals surface area contributed by atoms with E-state index >= 15 is 0 Å². The molecule has 0 spiro atoms. The van der Waals surface area contributed by atoms with Gasteiger partial charge < -0.3 is 9.47 Å². The smallest absolute Gasteiger partial charge is 0.268 e. The first-order chi connectivity index (χ1) is 6.47. The lowest BCUT2D eigenvalue weighted by Crippen LogP contribution is -2.43. The van der Waals surface area contributed by atoms with E-state index in [1.54, 1.807) is 0 Å². The highest BCUT2D eigenvalue weighted by molar-refractivity contribution is 14.1. The van der Waals surface area contributed by atoms with Crippen LogP contribution in [0.25, 0.3) is 0 Å². The normalized spacial score (nSPS) is 22.3. The van der Waals surface area contributed by atoms with Gasteiger partial charge >= 0.3 is 0 Å². The Morgan fingerprint density at radius 2 is 2.00 bits per heavy atom. The molecule has 0 unspecified atom stereocenters. The quantitative estimate of drug-likeness (QED) is 0.586. The fourth-order valence-corrected chi connectivity index (χ4v) is 2.32. The third-order valence-corrected chi connectivity index (χ3v) is 3.67. The molecule has 0 aromatic heterocycles. The molecule has 0 aromatic carbocycles. The number of hydrogen-bond donors (Lipinski definition) is 0. The fraction of sp³-hybridized carbons (Fsp3) is 1.00. The van der Waals surface area contributed by atoms with Crippen LogP contribution in [0.15, 0.2) is 0 Å². The molecular formula is C9H15F2IO2. The van der Waals surface area contributed by atoms with Gasteiger partial charge in [-0.1, -0.05) is 22.6 Å². The van der Waals surface area contributed by atoms with Crippen molar-refractivity contribution in [3.63, 3.8) is 0 Å². The third kappa shape index (κ3) is 3.94. The van der Waals surface area contributed by atoms with E-state index < -0.39 is 18.1 Å². The van der Waals surface area contributed by atoms with Crippen molar-refractivity contribution in [2.45, 2.75) is 31.3 Å². The van der Waals surface area contributed by atoms with E-state index in [9.17, 15) is 8.78 Å². The molecule has 84 valence electrons. The van der Waals surface area contributed by atoms with Crippen LogP contribution in [0.1, 0.15) is 19.8 Å². The van der Waals surface area contributed by atoms with Gasteiger partial charge in [0.2, 0.25) is 0 Å². The van der Waals surface area contributed by atoms with Crippen molar-refractivity contribution in [1.82, 2.24) is 0 Å². The van der Waals surface area contributed by atoms with Crippen LogP contribution in [-0.4, -0.2) is 35.8 Å². The standard InChI is InChI=1S/C9H15F2IO2/c1-8(10,11)7-14-9(6-12)2-4-13-5-3-9/h2-7H2,1H3. The molecule has 14 heavy (non-hydrogen) atoms. The minimum Gasteiger partial charge on any atom is -0.381 e. The zero-order valence-electron chi connectivity index (χ0n) is 8.19. The van der Waals surface area contributed by atoms with Gasteiger partial charge in [-0.25, -0.2) is 8.78 Å². The van der Waals surface area contributed by atoms with E-state index in [0.29, 0.717) is 26.1 Å². The van der Waals surface area contributed by atoms with E-state index in [1.807, 2.05) is 0 Å². The highest BCUT2D eigenvalue weighted by Gasteiger charge is 2.35. The molecule has 0 N–H and O–H groups in total. The predicted octanol–water partition coefficient (Wildman–Crippen LogP) is 2.64. The molecule has 1 saturated heterocycles. The molecule has 2 nitrogen and oxygen atoms in total. The molecule has 1 fully saturated rings. The maximum Gasteiger partial charge on any atom is 0.268 e. The Balaban J connectivity index is 2.44. The van der Waals surface area contributed by atoms with Crippen molar-refractivity contribution in [2.24, 2.45) is 0 Å². The van der Waals surface area contributed by atoms with Crippen molar-refractivity contribution in [3.8, 4) is 0 Å². The monoisotopic (exact) mass is 320 g/mol. The number of hydrogen-bond acceptors (Lipinski definition) is 2. The molecule has 1 heterocycles. The summed E-state index contributed by atoms with van der Waals surface area (Å²) in [5.74, 6) is -2.74. The first-order valence-electron chi connectivity index (χ1n) is 4.63. The maximum atomic E-state index is 12.6. The predicted molar refractivity (Wildman–Crippen MR) is 58.2 cm³/mol. The lowest BCUT2D eigenvalue weighted by Gasteiger charge is -2.36. The summed E-state index contributed by atoms with van der Waals surface area (Å²) in [4.78, 5) is 0. The largest absolute Gasteiger partial charge is 0.381 e. The molecule has 0 bridgehead atoms. The van der Waals surface area contributed by atoms with Crippen LogP contribution in [0.4, 0.5) is 8.78 Å². The zero-order valence-corrected chi connectivity index (χ0v) is 10.4. The lowest BCUT2D eigenvalue weighted by atomic mass is 9.97. The van der Waals surface area contributed by atoms with Crippen molar-refractivity contribution in [3.05, 3.63) is 0 Å². The summed E-state index contributed by atoms with van der Waals surface area (Å²) in [5, 5.41) is 0. The van der Waals surface area contributed by atoms with Crippen molar-refractivity contribution in [2.75, 3.05) is 24.2 Å². The topological polar surface area (TPSA) is 18.5 Å². The van der Waals surface area contributed by atoms with Gasteiger partial charge in [0.25, 0.3) is 5.92 Å². The Kier molecular flexibility index (Phi) is 4.52. The summed E-state index contributed by atoms with van der Waals surface area (Å²) < 4.78 is 36.5. The van der Waals surface area contributed by atoms with Gasteiger partial charge in [0.1, 0.15) is 6.61 Å². The molecule has 0 aromatic rings. The molecule has 1 aliphatic heterocycles. The summed E-state index contributed by atoms with van der Waals surface area (Å²) in [5.41, 5.74) is -0.391. The Bertz CT molecular complexity index is 176. The Labute approximate surface area is 96.5 Å². The van der Waals surface area contributed by atoms with Gasteiger partial charge in [-0.05, 0) is 0 Å². The lowest BCUT2D eigenvalue weighted by molar-refractivity contribution is -0.150. The van der Waals surface area contributed by atoms with E-state index in [0.717, 1.165) is 11.4 Å². The summed E-state index contributed by atoms with van der Waals surface area (Å²) >= 11 is 2.19. The SMILES string of the molecule is CC(F)(F)COC1(CI)CCOCC1. The average molecular weight is 320 g/mol. The molecule has 0 atom stereocenters. The van der Waals surface area contributed by atoms with Gasteiger partial charge in [0, 0.05) is 37.4 Å². The highest BCUT2D eigenvalue weighted by Crippen LogP contribution is 2.29. The Hall–Kier alpha value is 0.510. The first kappa shape index (κ1) is 12.6. The Morgan fingerprint density at radius 1 is 1.43 bits per heavy atom. The molecule has 0 radical (unpaired) electrons. The molecule has 1 aliphatic rings. The van der Waals surface area contributed by atoms with Gasteiger partial charge in [-0.2, -0.15) is 0 Å². The zero-order chi connectivity index (χ0) is 10.7. The molecule has 0 aliphatic carbocycles. The molecule has 0 saturated carbocycles. The summed E-state index contributed by atoms with van der Waals surface area (Å²) in [7, 11) is 0. The van der Waals surface area contributed by atoms with Gasteiger partial charge in [0.15, 0.2) is 0 Å². The molecule has 1 rings (SSSR count). The van der Waals surface area contributed by atoms with Crippen molar-refractivity contribution in [1.29, 1.82) is 0 Å². The average Bonchev–Trinajstić information content (AvgIpc) is 2.15. The van der Waals surface area contributed by atoms with Crippen LogP contribution in [-0.2, 0) is 9.47 Å². The fourth-order valence-electron chi connectivity index (χ4n) is 1.34. The second-order valence-corrected chi connectivity index (χ2v) is 4.55. The minimum absolute atomic E-state index is 0.391. The maximum absolute atomic E-state index is 12.6. The number of halogens is 3. The van der Waals surface area contributed by atoms with E-state index in [2.05, 4.69) is 22.6 Å². The van der Waals surface area contributed by atoms with E-state index in [1.165, 1.54) is 0 Å². The van der Waals surface area contributed by atoms with Crippen LogP contribution >= 0.6 is 22.6 Å². The Morgan fingerprint density at radius 3 is 2.43 bits per heavy atom. The van der Waals surface area contributed by atoms with Gasteiger partial charge in [0.05, 0.1) is 5.60 Å². The van der Waals surface area contributed by atoms with Crippen LogP contribution in [0, 0.1) is 0 Å². The van der Waals surface area contributed by atoms with Crippen LogP contribution in [0.3, 0.4) is 0 Å². The first-order valence-corrected chi connectivity index (χ1v) is 6.16. The van der Waals surface area contributed by atoms with Crippen molar-refractivity contribution < 1.29 is 18.3 Å². The highest BCUT2D eigenvalue weighted by atomic mass is 127. The van der Waals surface area contributed by atoms with Gasteiger partial charge in [-0.3, -0.25) is 0 Å². The minimum atomic E-state index is -2.74. The summed E-state index contributed by atoms with van der Waals surface area (Å²) in [6.45, 7) is 1.61. The molecule has 5 heteroatoms. The third-order valence-electron chi connectivity index (χ3n) is 2.28. The van der Waals surface area contributed by atoms with Crippen LogP contribution in [0.2, 0.25) is 0 Å². The number of rotatable bonds is 4. The summed E-state index contributed by atoms with van der Waals surface area (Å²) in [6.07, 6.45) is 1.43. The number of alkyl halides is 3. The van der Waals surface area contributed by atoms with Crippen molar-refractivity contribution >= 4 is 22.6 Å². The molecule has 0 amide bonds. The van der Waals surface area contributed by atoms with Crippen LogP contribution < -0.4 is 0 Å². The molecular weight excluding hydrogens is 305 g/mol. The van der Waals surface area contributed by atoms with Gasteiger partial charge in [-0.15, -0.1) is 0 Å². The van der Waals surface area contributed by atoms with Crippen LogP contribution in [0.5, 0.6) is 0 Å².